The molecular formula is C22H21N3O3S. The van der Waals surface area contributed by atoms with Crippen LogP contribution in [0.15, 0.2) is 53.9 Å². The first-order valence-electron chi connectivity index (χ1n) is 9.73. The molecule has 3 heterocycles. The molecule has 0 aliphatic carbocycles. The quantitative estimate of drug-likeness (QED) is 0.683. The number of hydrogen-bond donors (Lipinski definition) is 1. The van der Waals surface area contributed by atoms with E-state index in [0.717, 1.165) is 54.3 Å². The number of benzene rings is 2. The first kappa shape index (κ1) is 18.1. The molecule has 7 heteroatoms. The summed E-state index contributed by atoms with van der Waals surface area (Å²) in [5, 5.41) is 5.58. The molecule has 1 saturated heterocycles. The van der Waals surface area contributed by atoms with Crippen molar-refractivity contribution in [1.82, 2.24) is 9.88 Å². The van der Waals surface area contributed by atoms with Gasteiger partial charge in [0.25, 0.3) is 0 Å². The average molecular weight is 407 g/mol. The Balaban J connectivity index is 1.36. The second kappa shape index (κ2) is 7.85. The van der Waals surface area contributed by atoms with Crippen molar-refractivity contribution in [3.63, 3.8) is 0 Å². The number of rotatable bonds is 5. The molecule has 1 fully saturated rings. The van der Waals surface area contributed by atoms with Crippen LogP contribution in [0.5, 0.6) is 11.5 Å². The maximum Gasteiger partial charge on any atom is 0.248 e. The number of nitrogens with zero attached hydrogens (tertiary/aromatic N) is 2. The monoisotopic (exact) mass is 407 g/mol. The maximum absolute atomic E-state index is 13.2. The van der Waals surface area contributed by atoms with Crippen LogP contribution < -0.4 is 14.8 Å². The van der Waals surface area contributed by atoms with Gasteiger partial charge in [0, 0.05) is 10.9 Å². The maximum atomic E-state index is 13.2. The Kier molecular flexibility index (Phi) is 4.91. The summed E-state index contributed by atoms with van der Waals surface area (Å²) in [6.07, 6.45) is 2.25. The van der Waals surface area contributed by atoms with Gasteiger partial charge in [-0.1, -0.05) is 30.3 Å². The lowest BCUT2D eigenvalue weighted by Gasteiger charge is -2.26. The molecule has 5 rings (SSSR count). The van der Waals surface area contributed by atoms with Crippen molar-refractivity contribution >= 4 is 22.4 Å². The fraction of sp³-hybridized carbons (Fsp3) is 0.273. The van der Waals surface area contributed by atoms with E-state index in [0.29, 0.717) is 5.13 Å². The van der Waals surface area contributed by atoms with Gasteiger partial charge in [0.1, 0.15) is 6.04 Å². The molecule has 1 atom stereocenters. The van der Waals surface area contributed by atoms with Gasteiger partial charge in [-0.05, 0) is 49.7 Å². The minimum atomic E-state index is -0.295. The van der Waals surface area contributed by atoms with Gasteiger partial charge in [-0.15, -0.1) is 11.3 Å². The van der Waals surface area contributed by atoms with E-state index in [9.17, 15) is 4.79 Å². The van der Waals surface area contributed by atoms with E-state index in [1.54, 1.807) is 0 Å². The number of likely N-dealkylation sites (tertiary alicyclic amines) is 1. The summed E-state index contributed by atoms with van der Waals surface area (Å²) < 4.78 is 10.8. The lowest BCUT2D eigenvalue weighted by atomic mass is 10.0. The van der Waals surface area contributed by atoms with Gasteiger partial charge >= 0.3 is 0 Å². The second-order valence-electron chi connectivity index (χ2n) is 7.15. The zero-order valence-electron chi connectivity index (χ0n) is 15.8. The van der Waals surface area contributed by atoms with Crippen LogP contribution in [0, 0.1) is 0 Å². The van der Waals surface area contributed by atoms with E-state index < -0.39 is 0 Å². The Hall–Kier alpha value is -2.90. The molecule has 2 aliphatic heterocycles. The number of carbonyl (C=O) groups is 1. The molecule has 1 amide bonds. The summed E-state index contributed by atoms with van der Waals surface area (Å²) in [6.45, 7) is 2.12. The molecule has 0 radical (unpaired) electrons. The van der Waals surface area contributed by atoms with Crippen molar-refractivity contribution in [3.05, 3.63) is 59.5 Å². The number of nitrogens with one attached hydrogen (secondary N) is 1. The van der Waals surface area contributed by atoms with E-state index in [4.69, 9.17) is 9.47 Å². The predicted molar refractivity (Wildman–Crippen MR) is 112 cm³/mol. The third-order valence-corrected chi connectivity index (χ3v) is 6.03. The van der Waals surface area contributed by atoms with Gasteiger partial charge in [-0.25, -0.2) is 4.98 Å². The van der Waals surface area contributed by atoms with Crippen molar-refractivity contribution in [2.24, 2.45) is 0 Å². The van der Waals surface area contributed by atoms with Crippen LogP contribution in [-0.2, 0) is 4.79 Å². The molecule has 6 nitrogen and oxygen atoms in total. The Bertz CT molecular complexity index is 1020. The van der Waals surface area contributed by atoms with Crippen molar-refractivity contribution in [1.29, 1.82) is 0 Å². The second-order valence-corrected chi connectivity index (χ2v) is 8.01. The number of anilines is 1. The molecule has 1 aromatic heterocycles. The highest BCUT2D eigenvalue weighted by molar-refractivity contribution is 7.14. The standard InChI is InChI=1S/C22H21N3O3S/c26-21(20(25-10-4-5-11-25)15-6-2-1-3-7-15)24-22-23-17(13-29-22)16-8-9-18-19(12-16)28-14-27-18/h1-3,6-9,12-13,20H,4-5,10-11,14H2,(H,23,24,26). The van der Waals surface area contributed by atoms with Crippen molar-refractivity contribution in [3.8, 4) is 22.8 Å². The molecule has 29 heavy (non-hydrogen) atoms. The molecule has 2 aliphatic rings. The van der Waals surface area contributed by atoms with Gasteiger partial charge in [0.2, 0.25) is 12.7 Å². The lowest BCUT2D eigenvalue weighted by Crippen LogP contribution is -2.35. The zero-order chi connectivity index (χ0) is 19.6. The highest BCUT2D eigenvalue weighted by atomic mass is 32.1. The predicted octanol–water partition coefficient (Wildman–Crippen LogP) is 4.31. The van der Waals surface area contributed by atoms with Crippen LogP contribution in [0.3, 0.4) is 0 Å². The number of amides is 1. The fourth-order valence-electron chi connectivity index (χ4n) is 3.86. The van der Waals surface area contributed by atoms with Gasteiger partial charge < -0.3 is 14.8 Å². The SMILES string of the molecule is O=C(Nc1nc(-c2ccc3c(c2)OCO3)cs1)C(c1ccccc1)N1CCCC1. The summed E-state index contributed by atoms with van der Waals surface area (Å²) in [4.78, 5) is 20.0. The Morgan fingerprint density at radius 3 is 2.69 bits per heavy atom. The first-order chi connectivity index (χ1) is 14.3. The molecule has 0 bridgehead atoms. The van der Waals surface area contributed by atoms with E-state index in [2.05, 4.69) is 15.2 Å². The van der Waals surface area contributed by atoms with E-state index in [1.807, 2.05) is 53.9 Å². The van der Waals surface area contributed by atoms with E-state index in [1.165, 1.54) is 11.3 Å². The van der Waals surface area contributed by atoms with Crippen LogP contribution in [0.2, 0.25) is 0 Å². The van der Waals surface area contributed by atoms with Gasteiger partial charge in [-0.3, -0.25) is 9.69 Å². The molecule has 3 aromatic rings. The number of hydrogen-bond acceptors (Lipinski definition) is 6. The molecule has 1 N–H and O–H groups in total. The van der Waals surface area contributed by atoms with E-state index in [-0.39, 0.29) is 18.7 Å². The minimum Gasteiger partial charge on any atom is -0.454 e. The van der Waals surface area contributed by atoms with E-state index >= 15 is 0 Å². The summed E-state index contributed by atoms with van der Waals surface area (Å²) >= 11 is 1.43. The lowest BCUT2D eigenvalue weighted by molar-refractivity contribution is -0.121. The van der Waals surface area contributed by atoms with Crippen molar-refractivity contribution in [2.45, 2.75) is 18.9 Å². The number of thiazole rings is 1. The largest absolute Gasteiger partial charge is 0.454 e. The number of aromatic nitrogens is 1. The number of ether oxygens (including phenoxy) is 2. The summed E-state index contributed by atoms with van der Waals surface area (Å²) in [5.74, 6) is 1.43. The average Bonchev–Trinajstić information content (AvgIpc) is 3.50. The van der Waals surface area contributed by atoms with Crippen LogP contribution in [0.1, 0.15) is 24.4 Å². The number of fused-ring (bicyclic) bond motifs is 1. The van der Waals surface area contributed by atoms with Crippen molar-refractivity contribution < 1.29 is 14.3 Å². The molecular weight excluding hydrogens is 386 g/mol. The molecule has 0 saturated carbocycles. The molecule has 1 unspecified atom stereocenters. The molecule has 0 spiro atoms. The summed E-state index contributed by atoms with van der Waals surface area (Å²) in [5.41, 5.74) is 2.76. The molecule has 2 aromatic carbocycles. The summed E-state index contributed by atoms with van der Waals surface area (Å²) in [7, 11) is 0. The third kappa shape index (κ3) is 3.71. The topological polar surface area (TPSA) is 63.7 Å². The summed E-state index contributed by atoms with van der Waals surface area (Å²) in [6, 6.07) is 15.4. The fourth-order valence-corrected chi connectivity index (χ4v) is 4.58. The van der Waals surface area contributed by atoms with Gasteiger partial charge in [0.05, 0.1) is 5.69 Å². The van der Waals surface area contributed by atoms with Gasteiger partial charge in [0.15, 0.2) is 16.6 Å². The Morgan fingerprint density at radius 1 is 1.07 bits per heavy atom. The normalized spacial score (nSPS) is 16.7. The zero-order valence-corrected chi connectivity index (χ0v) is 16.7. The molecule has 148 valence electrons. The minimum absolute atomic E-state index is 0.0373. The van der Waals surface area contributed by atoms with Crippen LogP contribution in [-0.4, -0.2) is 35.7 Å². The Morgan fingerprint density at radius 2 is 1.86 bits per heavy atom. The smallest absolute Gasteiger partial charge is 0.248 e. The Labute approximate surface area is 173 Å². The number of carbonyl (C=O) groups excluding carboxylic acids is 1. The highest BCUT2D eigenvalue weighted by Crippen LogP contribution is 2.37. The van der Waals surface area contributed by atoms with Crippen LogP contribution in [0.25, 0.3) is 11.3 Å². The third-order valence-electron chi connectivity index (χ3n) is 5.27. The highest BCUT2D eigenvalue weighted by Gasteiger charge is 2.30. The van der Waals surface area contributed by atoms with Crippen LogP contribution in [0.4, 0.5) is 5.13 Å². The van der Waals surface area contributed by atoms with Crippen LogP contribution >= 0.6 is 11.3 Å². The van der Waals surface area contributed by atoms with Gasteiger partial charge in [-0.2, -0.15) is 0 Å². The first-order valence-corrected chi connectivity index (χ1v) is 10.6. The van der Waals surface area contributed by atoms with Crippen molar-refractivity contribution in [2.75, 3.05) is 25.2 Å².